The highest BCUT2D eigenvalue weighted by Crippen LogP contribution is 2.32. The van der Waals surface area contributed by atoms with Crippen molar-refractivity contribution < 1.29 is 33.1 Å². The van der Waals surface area contributed by atoms with Crippen LogP contribution in [0, 0.1) is 0 Å². The van der Waals surface area contributed by atoms with Gasteiger partial charge in [-0.25, -0.2) is 9.59 Å². The third kappa shape index (κ3) is 7.40. The number of nitrogens with zero attached hydrogens (tertiary/aromatic N) is 4. The van der Waals surface area contributed by atoms with E-state index in [4.69, 9.17) is 30.3 Å². The maximum atomic E-state index is 13.6. The quantitative estimate of drug-likeness (QED) is 0.168. The first-order valence-corrected chi connectivity index (χ1v) is 15.6. The zero-order chi connectivity index (χ0) is 31.4. The van der Waals surface area contributed by atoms with Crippen LogP contribution in [0.5, 0.6) is 0 Å². The number of esters is 1. The van der Waals surface area contributed by atoms with E-state index >= 15 is 0 Å². The minimum Gasteiger partial charge on any atom is -0.435 e. The number of nitrogens with one attached hydrogen (secondary N) is 1. The van der Waals surface area contributed by atoms with Crippen molar-refractivity contribution in [1.82, 2.24) is 25.2 Å². The van der Waals surface area contributed by atoms with Crippen LogP contribution in [0.1, 0.15) is 67.1 Å². The van der Waals surface area contributed by atoms with Crippen molar-refractivity contribution >= 4 is 51.9 Å². The molecule has 1 atom stereocenters. The standard InChI is InChI=1S/C30H34ClN5O7S/c1-5-40-30(39)42-18(4)41-29(38)19-6-7-23-22(14-19)27(28(37)32-20-10-12-35(13-11-20)17(2)3)33-36(23)16-21-15-24(43-34-21)25-8-9-26(31)44-25/h6-9,14-15,17-18,20H,5,10-13,16H2,1-4H3,(H,32,37). The molecule has 5 rings (SSSR count). The van der Waals surface area contributed by atoms with E-state index in [2.05, 4.69) is 34.3 Å². The number of fused-ring (bicyclic) bond motifs is 1. The van der Waals surface area contributed by atoms with E-state index in [9.17, 15) is 14.4 Å². The van der Waals surface area contributed by atoms with Gasteiger partial charge < -0.3 is 29.0 Å². The summed E-state index contributed by atoms with van der Waals surface area (Å²) in [4.78, 5) is 41.4. The number of piperidine rings is 1. The Kier molecular flexibility index (Phi) is 9.87. The number of benzene rings is 1. The predicted octanol–water partition coefficient (Wildman–Crippen LogP) is 5.73. The van der Waals surface area contributed by atoms with Gasteiger partial charge in [-0.05, 0) is 63.9 Å². The summed E-state index contributed by atoms with van der Waals surface area (Å²) in [6.07, 6.45) is -0.472. The Morgan fingerprint density at radius 2 is 1.89 bits per heavy atom. The number of aromatic nitrogens is 3. The van der Waals surface area contributed by atoms with Crippen LogP contribution in [-0.2, 0) is 20.8 Å². The number of halogens is 1. The highest BCUT2D eigenvalue weighted by Gasteiger charge is 2.26. The fourth-order valence-electron chi connectivity index (χ4n) is 5.04. The van der Waals surface area contributed by atoms with Crippen molar-refractivity contribution in [2.24, 2.45) is 0 Å². The van der Waals surface area contributed by atoms with Crippen molar-refractivity contribution in [2.45, 2.75) is 65.5 Å². The largest absolute Gasteiger partial charge is 0.511 e. The Balaban J connectivity index is 1.40. The zero-order valence-electron chi connectivity index (χ0n) is 24.9. The number of carbonyl (C=O) groups is 3. The maximum absolute atomic E-state index is 13.6. The number of ether oxygens (including phenoxy) is 3. The van der Waals surface area contributed by atoms with E-state index in [-0.39, 0.29) is 36.4 Å². The van der Waals surface area contributed by atoms with Gasteiger partial charge in [0, 0.05) is 43.5 Å². The molecule has 14 heteroatoms. The lowest BCUT2D eigenvalue weighted by molar-refractivity contribution is -0.0811. The van der Waals surface area contributed by atoms with E-state index in [1.807, 2.05) is 6.07 Å². The molecule has 0 radical (unpaired) electrons. The minimum atomic E-state index is -1.18. The van der Waals surface area contributed by atoms with Gasteiger partial charge in [-0.3, -0.25) is 9.48 Å². The molecule has 0 spiro atoms. The summed E-state index contributed by atoms with van der Waals surface area (Å²) in [6, 6.07) is 10.7. The van der Waals surface area contributed by atoms with Crippen molar-refractivity contribution in [3.05, 3.63) is 57.7 Å². The number of likely N-dealkylation sites (tertiary alicyclic amines) is 1. The van der Waals surface area contributed by atoms with Gasteiger partial charge in [-0.1, -0.05) is 16.8 Å². The molecule has 234 valence electrons. The summed E-state index contributed by atoms with van der Waals surface area (Å²) in [7, 11) is 0. The lowest BCUT2D eigenvalue weighted by Crippen LogP contribution is -2.46. The van der Waals surface area contributed by atoms with Crippen LogP contribution in [-0.4, -0.2) is 75.9 Å². The molecule has 1 amide bonds. The molecule has 44 heavy (non-hydrogen) atoms. The molecular weight excluding hydrogens is 610 g/mol. The molecule has 1 unspecified atom stereocenters. The highest BCUT2D eigenvalue weighted by molar-refractivity contribution is 7.19. The van der Waals surface area contributed by atoms with Gasteiger partial charge in [0.2, 0.25) is 6.29 Å². The number of amides is 1. The summed E-state index contributed by atoms with van der Waals surface area (Å²) in [5.41, 5.74) is 1.54. The van der Waals surface area contributed by atoms with Crippen LogP contribution in [0.2, 0.25) is 4.34 Å². The van der Waals surface area contributed by atoms with Crippen LogP contribution in [0.15, 0.2) is 40.9 Å². The average Bonchev–Trinajstić information content (AvgIpc) is 3.72. The van der Waals surface area contributed by atoms with Gasteiger partial charge in [0.25, 0.3) is 5.91 Å². The fraction of sp³-hybridized carbons (Fsp3) is 0.433. The van der Waals surface area contributed by atoms with E-state index in [0.717, 1.165) is 30.8 Å². The second kappa shape index (κ2) is 13.8. The average molecular weight is 644 g/mol. The zero-order valence-corrected chi connectivity index (χ0v) is 26.4. The van der Waals surface area contributed by atoms with Gasteiger partial charge in [-0.15, -0.1) is 11.3 Å². The first-order chi connectivity index (χ1) is 21.1. The Labute approximate surface area is 263 Å². The molecule has 1 aromatic carbocycles. The van der Waals surface area contributed by atoms with Crippen LogP contribution < -0.4 is 5.32 Å². The lowest BCUT2D eigenvalue weighted by Gasteiger charge is -2.34. The van der Waals surface area contributed by atoms with Crippen LogP contribution in [0.3, 0.4) is 0 Å². The molecule has 0 saturated carbocycles. The summed E-state index contributed by atoms with van der Waals surface area (Å²) in [6.45, 7) is 9.50. The second-order valence-corrected chi connectivity index (χ2v) is 12.4. The van der Waals surface area contributed by atoms with Crippen LogP contribution in [0.25, 0.3) is 21.5 Å². The summed E-state index contributed by atoms with van der Waals surface area (Å²) in [5, 5.41) is 12.4. The van der Waals surface area contributed by atoms with E-state index in [0.29, 0.717) is 32.7 Å². The molecule has 0 aliphatic carbocycles. The van der Waals surface area contributed by atoms with Crippen molar-refractivity contribution in [1.29, 1.82) is 0 Å². The van der Waals surface area contributed by atoms with Gasteiger partial charge in [0.1, 0.15) is 5.69 Å². The molecule has 1 N–H and O–H groups in total. The predicted molar refractivity (Wildman–Crippen MR) is 164 cm³/mol. The van der Waals surface area contributed by atoms with E-state index in [1.54, 1.807) is 41.9 Å². The summed E-state index contributed by atoms with van der Waals surface area (Å²) >= 11 is 7.45. The molecule has 12 nitrogen and oxygen atoms in total. The third-order valence-electron chi connectivity index (χ3n) is 7.28. The molecule has 4 aromatic rings. The van der Waals surface area contributed by atoms with Crippen LogP contribution >= 0.6 is 22.9 Å². The van der Waals surface area contributed by atoms with Gasteiger partial charge in [0.05, 0.1) is 33.4 Å². The monoisotopic (exact) mass is 643 g/mol. The Bertz CT molecular complexity index is 1640. The lowest BCUT2D eigenvalue weighted by atomic mass is 10.0. The van der Waals surface area contributed by atoms with E-state index < -0.39 is 18.4 Å². The number of carbonyl (C=O) groups excluding carboxylic acids is 3. The van der Waals surface area contributed by atoms with Gasteiger partial charge in [-0.2, -0.15) is 5.10 Å². The minimum absolute atomic E-state index is 0.00226. The first kappa shape index (κ1) is 31.5. The first-order valence-electron chi connectivity index (χ1n) is 14.4. The second-order valence-electron chi connectivity index (χ2n) is 10.7. The Morgan fingerprint density at radius 1 is 1.11 bits per heavy atom. The molecule has 3 aromatic heterocycles. The van der Waals surface area contributed by atoms with Crippen LogP contribution in [0.4, 0.5) is 4.79 Å². The summed E-state index contributed by atoms with van der Waals surface area (Å²) in [5.74, 6) is -0.502. The Morgan fingerprint density at radius 3 is 2.57 bits per heavy atom. The SMILES string of the molecule is CCOC(=O)OC(C)OC(=O)c1ccc2c(c1)c(C(=O)NC1CCN(C(C)C)CC1)nn2Cc1cc(-c2ccc(Cl)s2)on1. The van der Waals surface area contributed by atoms with Crippen molar-refractivity contribution in [3.8, 4) is 10.6 Å². The highest BCUT2D eigenvalue weighted by atomic mass is 35.5. The molecular formula is C30H34ClN5O7S. The third-order valence-corrected chi connectivity index (χ3v) is 8.53. The molecule has 1 fully saturated rings. The number of hydrogen-bond donors (Lipinski definition) is 1. The molecule has 4 heterocycles. The Hall–Kier alpha value is -3.94. The summed E-state index contributed by atoms with van der Waals surface area (Å²) < 4.78 is 22.8. The molecule has 1 saturated heterocycles. The van der Waals surface area contributed by atoms with E-state index in [1.165, 1.54) is 18.3 Å². The molecule has 1 aliphatic heterocycles. The molecule has 0 bridgehead atoms. The molecule has 1 aliphatic rings. The smallest absolute Gasteiger partial charge is 0.435 e. The topological polar surface area (TPSA) is 138 Å². The maximum Gasteiger partial charge on any atom is 0.511 e. The van der Waals surface area contributed by atoms with Crippen molar-refractivity contribution in [3.63, 3.8) is 0 Å². The van der Waals surface area contributed by atoms with Crippen molar-refractivity contribution in [2.75, 3.05) is 19.7 Å². The normalized spacial score (nSPS) is 15.0. The van der Waals surface area contributed by atoms with Gasteiger partial charge in [0.15, 0.2) is 11.5 Å². The number of thiophene rings is 1. The number of hydrogen-bond acceptors (Lipinski definition) is 11. The number of rotatable bonds is 10. The fourth-order valence-corrected chi connectivity index (χ4v) is 6.03. The van der Waals surface area contributed by atoms with Gasteiger partial charge >= 0.3 is 12.1 Å².